The van der Waals surface area contributed by atoms with E-state index in [-0.39, 0.29) is 11.7 Å². The molecule has 1 aromatic carbocycles. The van der Waals surface area contributed by atoms with Gasteiger partial charge in [-0.2, -0.15) is 0 Å². The van der Waals surface area contributed by atoms with Crippen molar-refractivity contribution in [3.63, 3.8) is 0 Å². The average Bonchev–Trinajstić information content (AvgIpc) is 2.87. The van der Waals surface area contributed by atoms with Crippen LogP contribution in [-0.2, 0) is 17.7 Å². The maximum absolute atomic E-state index is 10.1. The Morgan fingerprint density at radius 1 is 1.29 bits per heavy atom. The number of nitrogens with zero attached hydrogens (tertiary/aromatic N) is 1. The topological polar surface area (TPSA) is 32.7 Å². The minimum Gasteiger partial charge on any atom is -0.393 e. The van der Waals surface area contributed by atoms with Gasteiger partial charge in [0.05, 0.1) is 11.7 Å². The molecule has 0 spiro atoms. The summed E-state index contributed by atoms with van der Waals surface area (Å²) in [7, 11) is 1.84. The Bertz CT molecular complexity index is 490. The number of aliphatic hydroxyl groups excluding tert-OH is 1. The zero-order valence-electron chi connectivity index (χ0n) is 13.2. The van der Waals surface area contributed by atoms with Crippen LogP contribution in [0.25, 0.3) is 0 Å². The molecular formula is C18H27NO2. The third-order valence-electron chi connectivity index (χ3n) is 5.55. The van der Waals surface area contributed by atoms with Crippen molar-refractivity contribution < 1.29 is 9.84 Å². The van der Waals surface area contributed by atoms with E-state index in [0.717, 1.165) is 45.2 Å². The van der Waals surface area contributed by atoms with Crippen molar-refractivity contribution in [3.05, 3.63) is 35.4 Å². The van der Waals surface area contributed by atoms with Crippen LogP contribution in [-0.4, -0.2) is 41.4 Å². The molecule has 1 heterocycles. The quantitative estimate of drug-likeness (QED) is 0.925. The van der Waals surface area contributed by atoms with Gasteiger partial charge in [-0.15, -0.1) is 0 Å². The summed E-state index contributed by atoms with van der Waals surface area (Å²) in [5.41, 5.74) is 2.83. The number of aryl methyl sites for hydroxylation is 1. The van der Waals surface area contributed by atoms with E-state index in [1.165, 1.54) is 11.1 Å². The number of hydrogen-bond acceptors (Lipinski definition) is 3. The first kappa shape index (κ1) is 15.0. The summed E-state index contributed by atoms with van der Waals surface area (Å²) in [4.78, 5) is 2.53. The highest BCUT2D eigenvalue weighted by Crippen LogP contribution is 2.43. The van der Waals surface area contributed by atoms with Crippen molar-refractivity contribution >= 4 is 0 Å². The maximum atomic E-state index is 10.1. The van der Waals surface area contributed by atoms with Crippen LogP contribution in [0.4, 0.5) is 0 Å². The number of rotatable bonds is 4. The molecule has 1 saturated heterocycles. The molecular weight excluding hydrogens is 262 g/mol. The van der Waals surface area contributed by atoms with Crippen molar-refractivity contribution in [3.8, 4) is 0 Å². The van der Waals surface area contributed by atoms with Gasteiger partial charge in [0.25, 0.3) is 0 Å². The number of methoxy groups -OCH3 is 1. The molecule has 116 valence electrons. The lowest BCUT2D eigenvalue weighted by atomic mass is 9.79. The molecule has 21 heavy (non-hydrogen) atoms. The molecule has 0 aromatic heterocycles. The Morgan fingerprint density at radius 2 is 2.05 bits per heavy atom. The van der Waals surface area contributed by atoms with Gasteiger partial charge in [-0.05, 0) is 43.2 Å². The fraction of sp³-hybridized carbons (Fsp3) is 0.667. The second-order valence-corrected chi connectivity index (χ2v) is 6.56. The van der Waals surface area contributed by atoms with Gasteiger partial charge in [-0.3, -0.25) is 4.90 Å². The molecule has 1 N–H and O–H groups in total. The number of likely N-dealkylation sites (tertiary alicyclic amines) is 1. The monoisotopic (exact) mass is 289 g/mol. The lowest BCUT2D eigenvalue weighted by Gasteiger charge is -2.42. The summed E-state index contributed by atoms with van der Waals surface area (Å²) in [5.74, 6) is 0. The summed E-state index contributed by atoms with van der Waals surface area (Å²) < 4.78 is 5.92. The zero-order valence-corrected chi connectivity index (χ0v) is 13.2. The smallest absolute Gasteiger partial charge is 0.0847 e. The number of aliphatic hydroxyl groups is 1. The SMILES string of the molecule is CCc1ccccc1CN1CC[C@]2(OC)CC[C@@H](O)C[C@H]12. The van der Waals surface area contributed by atoms with E-state index in [1.807, 2.05) is 7.11 Å². The molecule has 1 aliphatic carbocycles. The number of hydrogen-bond donors (Lipinski definition) is 1. The first-order valence-electron chi connectivity index (χ1n) is 8.22. The minimum absolute atomic E-state index is 0.0274. The third kappa shape index (κ3) is 2.75. The van der Waals surface area contributed by atoms with Gasteiger partial charge < -0.3 is 9.84 Å². The van der Waals surface area contributed by atoms with E-state index in [2.05, 4.69) is 36.1 Å². The second kappa shape index (κ2) is 6.07. The Kier molecular flexibility index (Phi) is 4.34. The van der Waals surface area contributed by atoms with Crippen LogP contribution in [0.1, 0.15) is 43.7 Å². The molecule has 1 saturated carbocycles. The Morgan fingerprint density at radius 3 is 2.76 bits per heavy atom. The predicted octanol–water partition coefficient (Wildman–Crippen LogP) is 2.75. The molecule has 3 heteroatoms. The molecule has 2 fully saturated rings. The van der Waals surface area contributed by atoms with Crippen LogP contribution < -0.4 is 0 Å². The number of benzene rings is 1. The summed E-state index contributed by atoms with van der Waals surface area (Å²) in [6.45, 7) is 4.27. The van der Waals surface area contributed by atoms with Gasteiger partial charge in [-0.1, -0.05) is 31.2 Å². The number of fused-ring (bicyclic) bond motifs is 1. The van der Waals surface area contributed by atoms with Crippen molar-refractivity contribution in [1.82, 2.24) is 4.90 Å². The van der Waals surface area contributed by atoms with Crippen LogP contribution in [0, 0.1) is 0 Å². The standard InChI is InChI=1S/C18H27NO2/c1-3-14-6-4-5-7-15(14)13-19-11-10-18(21-2)9-8-16(20)12-17(18)19/h4-7,16-17,20H,3,8-13H2,1-2H3/t16-,17+,18-/m1/s1. The van der Waals surface area contributed by atoms with Gasteiger partial charge in [0.2, 0.25) is 0 Å². The lowest BCUT2D eigenvalue weighted by Crippen LogP contribution is -2.51. The van der Waals surface area contributed by atoms with Gasteiger partial charge in [0.1, 0.15) is 0 Å². The van der Waals surface area contributed by atoms with Crippen molar-refractivity contribution in [2.45, 2.75) is 63.3 Å². The van der Waals surface area contributed by atoms with Gasteiger partial charge in [0.15, 0.2) is 0 Å². The summed E-state index contributed by atoms with van der Waals surface area (Å²) in [5, 5.41) is 10.1. The normalized spacial score (nSPS) is 33.1. The van der Waals surface area contributed by atoms with Gasteiger partial charge in [0, 0.05) is 26.2 Å². The molecule has 3 rings (SSSR count). The van der Waals surface area contributed by atoms with Crippen molar-refractivity contribution in [1.29, 1.82) is 0 Å². The Balaban J connectivity index is 1.80. The molecule has 3 nitrogen and oxygen atoms in total. The van der Waals surface area contributed by atoms with E-state index in [1.54, 1.807) is 0 Å². The fourth-order valence-corrected chi connectivity index (χ4v) is 4.23. The molecule has 0 bridgehead atoms. The fourth-order valence-electron chi connectivity index (χ4n) is 4.23. The molecule has 2 aliphatic rings. The molecule has 1 aromatic rings. The highest BCUT2D eigenvalue weighted by molar-refractivity contribution is 5.27. The highest BCUT2D eigenvalue weighted by Gasteiger charge is 2.50. The van der Waals surface area contributed by atoms with Crippen molar-refractivity contribution in [2.75, 3.05) is 13.7 Å². The first-order chi connectivity index (χ1) is 10.2. The molecule has 0 radical (unpaired) electrons. The largest absolute Gasteiger partial charge is 0.393 e. The Hall–Kier alpha value is -0.900. The van der Waals surface area contributed by atoms with E-state index in [0.29, 0.717) is 6.04 Å². The third-order valence-corrected chi connectivity index (χ3v) is 5.55. The minimum atomic E-state index is -0.166. The van der Waals surface area contributed by atoms with Crippen LogP contribution in [0.3, 0.4) is 0 Å². The Labute approximate surface area is 127 Å². The van der Waals surface area contributed by atoms with E-state index < -0.39 is 0 Å². The van der Waals surface area contributed by atoms with E-state index in [4.69, 9.17) is 4.74 Å². The van der Waals surface area contributed by atoms with Crippen LogP contribution >= 0.6 is 0 Å². The maximum Gasteiger partial charge on any atom is 0.0847 e. The van der Waals surface area contributed by atoms with Gasteiger partial charge in [-0.25, -0.2) is 0 Å². The second-order valence-electron chi connectivity index (χ2n) is 6.56. The van der Waals surface area contributed by atoms with E-state index in [9.17, 15) is 5.11 Å². The van der Waals surface area contributed by atoms with Gasteiger partial charge >= 0.3 is 0 Å². The lowest BCUT2D eigenvalue weighted by molar-refractivity contribution is -0.0879. The molecule has 3 atom stereocenters. The summed E-state index contributed by atoms with van der Waals surface area (Å²) in [6.07, 6.45) is 4.72. The number of ether oxygens (including phenoxy) is 1. The summed E-state index contributed by atoms with van der Waals surface area (Å²) >= 11 is 0. The van der Waals surface area contributed by atoms with Crippen LogP contribution in [0.5, 0.6) is 0 Å². The van der Waals surface area contributed by atoms with Crippen LogP contribution in [0.15, 0.2) is 24.3 Å². The first-order valence-corrected chi connectivity index (χ1v) is 8.22. The highest BCUT2D eigenvalue weighted by atomic mass is 16.5. The molecule has 0 amide bonds. The summed E-state index contributed by atoms with van der Waals surface area (Å²) in [6, 6.07) is 9.08. The average molecular weight is 289 g/mol. The zero-order chi connectivity index (χ0) is 14.9. The predicted molar refractivity (Wildman–Crippen MR) is 84.2 cm³/mol. The molecule has 1 aliphatic heterocycles. The van der Waals surface area contributed by atoms with Crippen molar-refractivity contribution in [2.24, 2.45) is 0 Å². The van der Waals surface area contributed by atoms with Crippen LogP contribution in [0.2, 0.25) is 0 Å². The van der Waals surface area contributed by atoms with E-state index >= 15 is 0 Å². The molecule has 0 unspecified atom stereocenters.